The summed E-state index contributed by atoms with van der Waals surface area (Å²) < 4.78 is 0. The molecule has 7 nitrogen and oxygen atoms in total. The number of carbonyl (C=O) groups is 1. The van der Waals surface area contributed by atoms with Crippen LogP contribution in [-0.4, -0.2) is 52.2 Å². The molecule has 0 spiro atoms. The van der Waals surface area contributed by atoms with E-state index in [1.165, 1.54) is 0 Å². The zero-order valence-electron chi connectivity index (χ0n) is 14.3. The summed E-state index contributed by atoms with van der Waals surface area (Å²) >= 11 is 0. The molecular formula is C19H19N5O2. The minimum Gasteiger partial charge on any atom is -0.353 e. The standard InChI is InChI=1S/C19H19N5O2/c25-18-15(13-14-5-1-2-6-16(14)21-18)19(26)24-10-4-9-23(11-12-24)17-7-3-8-20-22-17/h1-3,5-8,13H,4,9-12H2,(H,21,25). The first-order valence-electron chi connectivity index (χ1n) is 8.66. The van der Waals surface area contributed by atoms with E-state index in [0.29, 0.717) is 19.6 Å². The van der Waals surface area contributed by atoms with E-state index in [4.69, 9.17) is 0 Å². The molecule has 0 atom stereocenters. The number of para-hydroxylation sites is 1. The Kier molecular flexibility index (Phi) is 4.35. The number of nitrogens with one attached hydrogen (secondary N) is 1. The molecule has 3 aromatic rings. The van der Waals surface area contributed by atoms with Crippen molar-refractivity contribution in [3.63, 3.8) is 0 Å². The largest absolute Gasteiger partial charge is 0.353 e. The van der Waals surface area contributed by atoms with Crippen LogP contribution in [0.1, 0.15) is 16.8 Å². The van der Waals surface area contributed by atoms with Crippen molar-refractivity contribution in [1.29, 1.82) is 0 Å². The van der Waals surface area contributed by atoms with E-state index in [-0.39, 0.29) is 17.0 Å². The lowest BCUT2D eigenvalue weighted by molar-refractivity contribution is 0.0765. The van der Waals surface area contributed by atoms with E-state index in [1.807, 2.05) is 36.4 Å². The van der Waals surface area contributed by atoms with Gasteiger partial charge < -0.3 is 14.8 Å². The number of amides is 1. The van der Waals surface area contributed by atoms with Gasteiger partial charge in [0.05, 0.1) is 0 Å². The molecule has 1 aliphatic rings. The van der Waals surface area contributed by atoms with Crippen molar-refractivity contribution < 1.29 is 4.79 Å². The second-order valence-electron chi connectivity index (χ2n) is 6.31. The summed E-state index contributed by atoms with van der Waals surface area (Å²) in [7, 11) is 0. The van der Waals surface area contributed by atoms with Gasteiger partial charge in [0.25, 0.3) is 11.5 Å². The van der Waals surface area contributed by atoms with Gasteiger partial charge in [-0.15, -0.1) is 5.10 Å². The van der Waals surface area contributed by atoms with Crippen molar-refractivity contribution in [2.75, 3.05) is 31.1 Å². The van der Waals surface area contributed by atoms with Crippen LogP contribution in [0.2, 0.25) is 0 Å². The van der Waals surface area contributed by atoms with Gasteiger partial charge in [0.1, 0.15) is 5.56 Å². The third-order valence-corrected chi connectivity index (χ3v) is 4.65. The van der Waals surface area contributed by atoms with Crippen molar-refractivity contribution in [2.45, 2.75) is 6.42 Å². The number of H-pyrrole nitrogens is 1. The number of benzene rings is 1. The fourth-order valence-corrected chi connectivity index (χ4v) is 3.29. The van der Waals surface area contributed by atoms with E-state index >= 15 is 0 Å². The molecule has 26 heavy (non-hydrogen) atoms. The van der Waals surface area contributed by atoms with E-state index in [9.17, 15) is 9.59 Å². The molecule has 2 aromatic heterocycles. The second-order valence-corrected chi connectivity index (χ2v) is 6.31. The molecule has 132 valence electrons. The number of fused-ring (bicyclic) bond motifs is 1. The topological polar surface area (TPSA) is 82.2 Å². The maximum absolute atomic E-state index is 12.9. The van der Waals surface area contributed by atoms with E-state index in [2.05, 4.69) is 20.1 Å². The number of nitrogens with zero attached hydrogens (tertiary/aromatic N) is 4. The first-order valence-corrected chi connectivity index (χ1v) is 8.66. The maximum Gasteiger partial charge on any atom is 0.261 e. The van der Waals surface area contributed by atoms with Crippen LogP contribution >= 0.6 is 0 Å². The summed E-state index contributed by atoms with van der Waals surface area (Å²) in [6.07, 6.45) is 2.46. The van der Waals surface area contributed by atoms with Gasteiger partial charge in [-0.05, 0) is 36.1 Å². The first kappa shape index (κ1) is 16.3. The van der Waals surface area contributed by atoms with Crippen molar-refractivity contribution in [3.8, 4) is 0 Å². The molecule has 0 bridgehead atoms. The number of hydrogen-bond donors (Lipinski definition) is 1. The highest BCUT2D eigenvalue weighted by Crippen LogP contribution is 2.15. The predicted molar refractivity (Wildman–Crippen MR) is 99.3 cm³/mol. The lowest BCUT2D eigenvalue weighted by atomic mass is 10.1. The van der Waals surface area contributed by atoms with Gasteiger partial charge >= 0.3 is 0 Å². The fraction of sp³-hybridized carbons (Fsp3) is 0.263. The molecular weight excluding hydrogens is 330 g/mol. The number of pyridine rings is 1. The summed E-state index contributed by atoms with van der Waals surface area (Å²) in [6, 6.07) is 12.9. The van der Waals surface area contributed by atoms with Gasteiger partial charge in [0, 0.05) is 37.9 Å². The number of hydrogen-bond acceptors (Lipinski definition) is 5. The number of aromatic amines is 1. The Labute approximate surface area is 150 Å². The minimum atomic E-state index is -0.344. The van der Waals surface area contributed by atoms with E-state index in [1.54, 1.807) is 17.2 Å². The number of carbonyl (C=O) groups excluding carboxylic acids is 1. The van der Waals surface area contributed by atoms with Crippen LogP contribution in [0.4, 0.5) is 5.82 Å². The molecule has 3 heterocycles. The van der Waals surface area contributed by atoms with Crippen LogP contribution in [0.15, 0.2) is 53.5 Å². The molecule has 0 aliphatic carbocycles. The van der Waals surface area contributed by atoms with Crippen LogP contribution in [-0.2, 0) is 0 Å². The zero-order chi connectivity index (χ0) is 17.9. The van der Waals surface area contributed by atoms with Crippen LogP contribution in [0, 0.1) is 0 Å². The molecule has 0 unspecified atom stereocenters. The third kappa shape index (κ3) is 3.15. The number of anilines is 1. The summed E-state index contributed by atoms with van der Waals surface area (Å²) in [6.45, 7) is 2.62. The summed E-state index contributed by atoms with van der Waals surface area (Å²) in [4.78, 5) is 31.9. The van der Waals surface area contributed by atoms with Crippen molar-refractivity contribution in [2.24, 2.45) is 0 Å². The predicted octanol–water partition coefficient (Wildman–Crippen LogP) is 1.67. The fourth-order valence-electron chi connectivity index (χ4n) is 3.29. The zero-order valence-corrected chi connectivity index (χ0v) is 14.3. The second kappa shape index (κ2) is 6.95. The molecule has 1 aromatic carbocycles. The molecule has 1 saturated heterocycles. The molecule has 0 radical (unpaired) electrons. The third-order valence-electron chi connectivity index (χ3n) is 4.65. The Morgan fingerprint density at radius 2 is 1.92 bits per heavy atom. The van der Waals surface area contributed by atoms with Gasteiger partial charge in [-0.3, -0.25) is 9.59 Å². The molecule has 1 N–H and O–H groups in total. The molecule has 1 fully saturated rings. The van der Waals surface area contributed by atoms with Gasteiger partial charge in [-0.2, -0.15) is 5.10 Å². The van der Waals surface area contributed by atoms with Crippen LogP contribution in [0.5, 0.6) is 0 Å². The lowest BCUT2D eigenvalue weighted by Crippen LogP contribution is -2.37. The van der Waals surface area contributed by atoms with E-state index < -0.39 is 0 Å². The quantitative estimate of drug-likeness (QED) is 0.761. The van der Waals surface area contributed by atoms with Crippen molar-refractivity contribution in [3.05, 3.63) is 64.6 Å². The molecule has 0 saturated carbocycles. The van der Waals surface area contributed by atoms with E-state index in [0.717, 1.165) is 29.7 Å². The van der Waals surface area contributed by atoms with Crippen LogP contribution in [0.25, 0.3) is 10.9 Å². The highest BCUT2D eigenvalue weighted by atomic mass is 16.2. The SMILES string of the molecule is O=C(c1cc2ccccc2[nH]c1=O)N1CCCN(c2cccnn2)CC1. The average Bonchev–Trinajstić information content (AvgIpc) is 2.94. The van der Waals surface area contributed by atoms with Crippen molar-refractivity contribution >= 4 is 22.6 Å². The van der Waals surface area contributed by atoms with Crippen molar-refractivity contribution in [1.82, 2.24) is 20.1 Å². The highest BCUT2D eigenvalue weighted by molar-refractivity contribution is 5.97. The minimum absolute atomic E-state index is 0.191. The highest BCUT2D eigenvalue weighted by Gasteiger charge is 2.23. The van der Waals surface area contributed by atoms with Crippen LogP contribution < -0.4 is 10.5 Å². The molecule has 1 amide bonds. The normalized spacial score (nSPS) is 15.1. The Bertz CT molecular complexity index is 986. The van der Waals surface area contributed by atoms with Gasteiger partial charge in [-0.1, -0.05) is 18.2 Å². The Morgan fingerprint density at radius 3 is 2.77 bits per heavy atom. The lowest BCUT2D eigenvalue weighted by Gasteiger charge is -2.22. The Morgan fingerprint density at radius 1 is 1.04 bits per heavy atom. The first-order chi connectivity index (χ1) is 12.7. The maximum atomic E-state index is 12.9. The summed E-state index contributed by atoms with van der Waals surface area (Å²) in [5.74, 6) is 0.586. The van der Waals surface area contributed by atoms with Gasteiger partial charge in [0.2, 0.25) is 0 Å². The average molecular weight is 349 g/mol. The summed E-state index contributed by atoms with van der Waals surface area (Å²) in [5, 5.41) is 8.91. The van der Waals surface area contributed by atoms with Gasteiger partial charge in [0.15, 0.2) is 5.82 Å². The van der Waals surface area contributed by atoms with Crippen LogP contribution in [0.3, 0.4) is 0 Å². The monoisotopic (exact) mass is 349 g/mol. The van der Waals surface area contributed by atoms with Gasteiger partial charge in [-0.25, -0.2) is 0 Å². The number of rotatable bonds is 2. The molecule has 1 aliphatic heterocycles. The molecule has 4 rings (SSSR count). The smallest absolute Gasteiger partial charge is 0.261 e. The number of aromatic nitrogens is 3. The molecule has 7 heteroatoms. The Balaban J connectivity index is 1.55. The summed E-state index contributed by atoms with van der Waals surface area (Å²) in [5.41, 5.74) is 0.583. The Hall–Kier alpha value is -3.22.